The Morgan fingerprint density at radius 3 is 2.42 bits per heavy atom. The second-order valence-corrected chi connectivity index (χ2v) is 4.85. The Morgan fingerprint density at radius 1 is 1.37 bits per heavy atom. The van der Waals surface area contributed by atoms with Crippen LogP contribution in [0.25, 0.3) is 0 Å². The minimum atomic E-state index is -0.486. The number of rotatable bonds is 4. The molecule has 0 amide bonds. The molecule has 2 rings (SSSR count). The highest BCUT2D eigenvalue weighted by atomic mass is 16.6. The van der Waals surface area contributed by atoms with E-state index in [2.05, 4.69) is 14.9 Å². The van der Waals surface area contributed by atoms with Crippen molar-refractivity contribution in [2.75, 3.05) is 11.4 Å². The molecule has 1 aromatic rings. The highest BCUT2D eigenvalue weighted by Gasteiger charge is 2.25. The predicted octanol–water partition coefficient (Wildman–Crippen LogP) is 1.48. The maximum Gasteiger partial charge on any atom is 0.305 e. The van der Waals surface area contributed by atoms with Gasteiger partial charge in [0, 0.05) is 18.6 Å². The second-order valence-electron chi connectivity index (χ2n) is 4.85. The van der Waals surface area contributed by atoms with Crippen LogP contribution in [0.5, 0.6) is 0 Å². The molecular weight excluding hydrogens is 246 g/mol. The molecule has 0 aliphatic heterocycles. The van der Waals surface area contributed by atoms with E-state index in [1.807, 2.05) is 6.92 Å². The summed E-state index contributed by atoms with van der Waals surface area (Å²) < 4.78 is 0. The van der Waals surface area contributed by atoms with Crippen molar-refractivity contribution in [1.29, 1.82) is 0 Å². The first kappa shape index (κ1) is 13.7. The van der Waals surface area contributed by atoms with Gasteiger partial charge in [-0.2, -0.15) is 0 Å². The molecule has 7 heteroatoms. The van der Waals surface area contributed by atoms with Gasteiger partial charge in [-0.1, -0.05) is 0 Å². The molecule has 0 bridgehead atoms. The molecule has 2 N–H and O–H groups in total. The summed E-state index contributed by atoms with van der Waals surface area (Å²) in [6.07, 6.45) is 6.59. The van der Waals surface area contributed by atoms with Crippen LogP contribution in [0.15, 0.2) is 12.4 Å². The average molecular weight is 265 g/mol. The predicted molar refractivity (Wildman–Crippen MR) is 71.9 cm³/mol. The van der Waals surface area contributed by atoms with E-state index in [0.29, 0.717) is 18.0 Å². The lowest BCUT2D eigenvalue weighted by molar-refractivity contribution is -0.385. The second kappa shape index (κ2) is 5.92. The van der Waals surface area contributed by atoms with Crippen molar-refractivity contribution >= 4 is 11.6 Å². The van der Waals surface area contributed by atoms with Crippen LogP contribution in [0.2, 0.25) is 0 Å². The Bertz CT molecular complexity index is 428. The first-order chi connectivity index (χ1) is 9.11. The van der Waals surface area contributed by atoms with E-state index < -0.39 is 4.92 Å². The number of nitrogens with two attached hydrogens (primary N) is 1. The molecule has 7 nitrogen and oxygen atoms in total. The highest BCUT2D eigenvalue weighted by molar-refractivity contribution is 5.35. The van der Waals surface area contributed by atoms with E-state index in [4.69, 9.17) is 5.73 Å². The standard InChI is InChI=1S/C12H19N5O2/c1-2-16(10-5-3-9(13)4-6-10)12-14-7-11(8-15-12)17(18)19/h7-10H,2-6,13H2,1H3. The molecule has 1 aromatic heterocycles. The largest absolute Gasteiger partial charge is 0.338 e. The topological polar surface area (TPSA) is 98.2 Å². The summed E-state index contributed by atoms with van der Waals surface area (Å²) in [5.74, 6) is 0.563. The summed E-state index contributed by atoms with van der Waals surface area (Å²) in [6.45, 7) is 2.83. The minimum absolute atomic E-state index is 0.0783. The van der Waals surface area contributed by atoms with Crippen molar-refractivity contribution in [2.45, 2.75) is 44.7 Å². The molecular formula is C12H19N5O2. The van der Waals surface area contributed by atoms with Crippen LogP contribution in [0.1, 0.15) is 32.6 Å². The van der Waals surface area contributed by atoms with Gasteiger partial charge in [-0.25, -0.2) is 9.97 Å². The smallest absolute Gasteiger partial charge is 0.305 e. The molecule has 1 aliphatic rings. The molecule has 0 aromatic carbocycles. The van der Waals surface area contributed by atoms with Gasteiger partial charge >= 0.3 is 5.69 Å². The Balaban J connectivity index is 2.10. The molecule has 0 spiro atoms. The van der Waals surface area contributed by atoms with Gasteiger partial charge in [0.25, 0.3) is 0 Å². The third kappa shape index (κ3) is 3.17. The molecule has 1 saturated carbocycles. The molecule has 104 valence electrons. The van der Waals surface area contributed by atoms with Crippen LogP contribution >= 0.6 is 0 Å². The summed E-state index contributed by atoms with van der Waals surface area (Å²) in [6, 6.07) is 0.680. The van der Waals surface area contributed by atoms with Crippen molar-refractivity contribution in [1.82, 2.24) is 9.97 Å². The maximum atomic E-state index is 10.6. The van der Waals surface area contributed by atoms with Crippen molar-refractivity contribution in [3.63, 3.8) is 0 Å². The summed E-state index contributed by atoms with van der Waals surface area (Å²) in [7, 11) is 0. The monoisotopic (exact) mass is 265 g/mol. The minimum Gasteiger partial charge on any atom is -0.338 e. The Labute approximate surface area is 112 Å². The number of hydrogen-bond donors (Lipinski definition) is 1. The molecule has 1 fully saturated rings. The SMILES string of the molecule is CCN(c1ncc([N+](=O)[O-])cn1)C1CCC(N)CC1. The van der Waals surface area contributed by atoms with Crippen LogP contribution in [0.4, 0.5) is 11.6 Å². The fourth-order valence-corrected chi connectivity index (χ4v) is 2.53. The average Bonchev–Trinajstić information content (AvgIpc) is 2.42. The first-order valence-electron chi connectivity index (χ1n) is 6.60. The van der Waals surface area contributed by atoms with Gasteiger partial charge in [-0.05, 0) is 32.6 Å². The van der Waals surface area contributed by atoms with Crippen molar-refractivity contribution in [2.24, 2.45) is 5.73 Å². The van der Waals surface area contributed by atoms with Crippen molar-refractivity contribution in [3.05, 3.63) is 22.5 Å². The van der Waals surface area contributed by atoms with Gasteiger partial charge in [0.15, 0.2) is 0 Å². The van der Waals surface area contributed by atoms with Crippen LogP contribution in [0.3, 0.4) is 0 Å². The van der Waals surface area contributed by atoms with E-state index in [1.165, 1.54) is 12.4 Å². The number of nitrogens with zero attached hydrogens (tertiary/aromatic N) is 4. The Kier molecular flexibility index (Phi) is 4.26. The van der Waals surface area contributed by atoms with Crippen LogP contribution in [0, 0.1) is 10.1 Å². The van der Waals surface area contributed by atoms with E-state index in [9.17, 15) is 10.1 Å². The zero-order valence-corrected chi connectivity index (χ0v) is 11.0. The third-order valence-electron chi connectivity index (χ3n) is 3.62. The van der Waals surface area contributed by atoms with E-state index in [1.54, 1.807) is 0 Å². The number of anilines is 1. The van der Waals surface area contributed by atoms with E-state index in [-0.39, 0.29) is 5.69 Å². The number of hydrogen-bond acceptors (Lipinski definition) is 6. The van der Waals surface area contributed by atoms with Crippen LogP contribution in [-0.2, 0) is 0 Å². The third-order valence-corrected chi connectivity index (χ3v) is 3.62. The Morgan fingerprint density at radius 2 is 1.95 bits per heavy atom. The lowest BCUT2D eigenvalue weighted by atomic mass is 9.91. The van der Waals surface area contributed by atoms with Crippen molar-refractivity contribution in [3.8, 4) is 0 Å². The normalized spacial score (nSPS) is 23.1. The molecule has 0 saturated heterocycles. The molecule has 0 unspecified atom stereocenters. The van der Waals surface area contributed by atoms with Gasteiger partial charge in [0.05, 0.1) is 4.92 Å². The fourth-order valence-electron chi connectivity index (χ4n) is 2.53. The molecule has 0 atom stereocenters. The van der Waals surface area contributed by atoms with Crippen LogP contribution < -0.4 is 10.6 Å². The number of aromatic nitrogens is 2. The van der Waals surface area contributed by atoms with E-state index >= 15 is 0 Å². The lowest BCUT2D eigenvalue weighted by Gasteiger charge is -2.35. The summed E-state index contributed by atoms with van der Waals surface area (Å²) in [5, 5.41) is 10.6. The quantitative estimate of drug-likeness (QED) is 0.654. The van der Waals surface area contributed by atoms with Crippen molar-refractivity contribution < 1.29 is 4.92 Å². The molecule has 0 radical (unpaired) electrons. The number of nitro groups is 1. The molecule has 19 heavy (non-hydrogen) atoms. The van der Waals surface area contributed by atoms with Gasteiger partial charge in [-0.3, -0.25) is 10.1 Å². The molecule has 1 heterocycles. The van der Waals surface area contributed by atoms with Gasteiger partial charge in [0.1, 0.15) is 12.4 Å². The molecule has 1 aliphatic carbocycles. The Hall–Kier alpha value is -1.76. The first-order valence-corrected chi connectivity index (χ1v) is 6.60. The van der Waals surface area contributed by atoms with Crippen LogP contribution in [-0.4, -0.2) is 33.5 Å². The highest BCUT2D eigenvalue weighted by Crippen LogP contribution is 2.25. The maximum absolute atomic E-state index is 10.6. The fraction of sp³-hybridized carbons (Fsp3) is 0.667. The summed E-state index contributed by atoms with van der Waals surface area (Å²) in [5.41, 5.74) is 5.83. The zero-order valence-electron chi connectivity index (χ0n) is 11.0. The van der Waals surface area contributed by atoms with Gasteiger partial charge < -0.3 is 10.6 Å². The summed E-state index contributed by atoms with van der Waals surface area (Å²) in [4.78, 5) is 20.4. The lowest BCUT2D eigenvalue weighted by Crippen LogP contribution is -2.41. The summed E-state index contributed by atoms with van der Waals surface area (Å²) >= 11 is 0. The van der Waals surface area contributed by atoms with Gasteiger partial charge in [-0.15, -0.1) is 0 Å². The van der Waals surface area contributed by atoms with E-state index in [0.717, 1.165) is 32.2 Å². The zero-order chi connectivity index (χ0) is 13.8. The van der Waals surface area contributed by atoms with Gasteiger partial charge in [0.2, 0.25) is 5.95 Å².